The number of fused-ring (bicyclic) bond motifs is 1. The summed E-state index contributed by atoms with van der Waals surface area (Å²) in [5.74, 6) is -3.17. The zero-order valence-electron chi connectivity index (χ0n) is 15.3. The summed E-state index contributed by atoms with van der Waals surface area (Å²) in [5, 5.41) is 2.84. The van der Waals surface area contributed by atoms with Gasteiger partial charge in [0.2, 0.25) is 11.8 Å². The first-order valence-electron chi connectivity index (χ1n) is 9.13. The van der Waals surface area contributed by atoms with Crippen molar-refractivity contribution in [3.05, 3.63) is 59.7 Å². The van der Waals surface area contributed by atoms with Crippen LogP contribution in [0.15, 0.2) is 47.4 Å². The van der Waals surface area contributed by atoms with Crippen molar-refractivity contribution >= 4 is 27.3 Å². The molecule has 0 spiro atoms. The molecular formula is C20H18F2N2O4S. The van der Waals surface area contributed by atoms with Crippen LogP contribution >= 0.6 is 0 Å². The Kier molecular flexibility index (Phi) is 4.85. The second-order valence-electron chi connectivity index (χ2n) is 7.24. The van der Waals surface area contributed by atoms with Gasteiger partial charge in [-0.25, -0.2) is 17.2 Å². The van der Waals surface area contributed by atoms with E-state index < -0.39 is 45.2 Å². The van der Waals surface area contributed by atoms with E-state index in [0.717, 1.165) is 12.1 Å². The lowest BCUT2D eigenvalue weighted by atomic mass is 10.0. The number of nitrogens with zero attached hydrogens (tertiary/aromatic N) is 1. The van der Waals surface area contributed by atoms with Crippen LogP contribution in [-0.4, -0.2) is 32.5 Å². The topological polar surface area (TPSA) is 83.5 Å². The highest BCUT2D eigenvalue weighted by atomic mass is 32.2. The van der Waals surface area contributed by atoms with Crippen LogP contribution in [-0.2, 0) is 19.4 Å². The van der Waals surface area contributed by atoms with Crippen molar-refractivity contribution in [3.8, 4) is 0 Å². The molecule has 2 aromatic carbocycles. The first-order chi connectivity index (χ1) is 13.7. The van der Waals surface area contributed by atoms with Crippen LogP contribution in [0.4, 0.5) is 14.5 Å². The largest absolute Gasteiger partial charge is 0.349 e. The van der Waals surface area contributed by atoms with Crippen LogP contribution in [0, 0.1) is 17.6 Å². The minimum Gasteiger partial charge on any atom is -0.349 e. The summed E-state index contributed by atoms with van der Waals surface area (Å²) in [6.45, 7) is 0.000224. The van der Waals surface area contributed by atoms with Gasteiger partial charge in [-0.05, 0) is 30.2 Å². The molecule has 0 bridgehead atoms. The van der Waals surface area contributed by atoms with Gasteiger partial charge in [0.15, 0.2) is 9.84 Å². The van der Waals surface area contributed by atoms with E-state index >= 15 is 0 Å². The SMILES string of the molecule is O=C(NC1CCS(=O)(=O)c2ccccc21)C1CC(=O)N(c2cc(F)cc(F)c2)C1. The third-order valence-corrected chi connectivity index (χ3v) is 7.09. The Bertz CT molecular complexity index is 1080. The van der Waals surface area contributed by atoms with E-state index in [-0.39, 0.29) is 35.7 Å². The highest BCUT2D eigenvalue weighted by molar-refractivity contribution is 7.91. The molecular weight excluding hydrogens is 402 g/mol. The fourth-order valence-corrected chi connectivity index (χ4v) is 5.48. The first-order valence-corrected chi connectivity index (χ1v) is 10.8. The van der Waals surface area contributed by atoms with Gasteiger partial charge in [0.1, 0.15) is 11.6 Å². The van der Waals surface area contributed by atoms with Crippen molar-refractivity contribution in [3.63, 3.8) is 0 Å². The molecule has 2 aromatic rings. The Morgan fingerprint density at radius 2 is 1.79 bits per heavy atom. The van der Waals surface area contributed by atoms with Crippen molar-refractivity contribution in [2.45, 2.75) is 23.8 Å². The van der Waals surface area contributed by atoms with E-state index in [4.69, 9.17) is 0 Å². The molecule has 9 heteroatoms. The normalized spacial score (nSPS) is 23.0. The van der Waals surface area contributed by atoms with Gasteiger partial charge >= 0.3 is 0 Å². The van der Waals surface area contributed by atoms with E-state index in [0.29, 0.717) is 11.6 Å². The predicted molar refractivity (Wildman–Crippen MR) is 101 cm³/mol. The van der Waals surface area contributed by atoms with Gasteiger partial charge in [0.05, 0.1) is 22.6 Å². The molecule has 2 atom stereocenters. The molecule has 1 N–H and O–H groups in total. The summed E-state index contributed by atoms with van der Waals surface area (Å²) in [7, 11) is -3.38. The molecule has 2 aliphatic rings. The fourth-order valence-electron chi connectivity index (χ4n) is 3.86. The summed E-state index contributed by atoms with van der Waals surface area (Å²) in [5.41, 5.74) is 0.595. The molecule has 2 amide bonds. The van der Waals surface area contributed by atoms with E-state index in [1.165, 1.54) is 11.0 Å². The molecule has 6 nitrogen and oxygen atoms in total. The standard InChI is InChI=1S/C20H18F2N2O4S/c21-13-8-14(22)10-15(9-13)24-11-12(7-19(24)25)20(26)23-17-5-6-29(27,28)18-4-2-1-3-16(17)18/h1-4,8-10,12,17H,5-7,11H2,(H,23,26). The van der Waals surface area contributed by atoms with E-state index in [2.05, 4.69) is 5.32 Å². The van der Waals surface area contributed by atoms with Crippen LogP contribution in [0.1, 0.15) is 24.4 Å². The lowest BCUT2D eigenvalue weighted by Gasteiger charge is -2.27. The Morgan fingerprint density at radius 3 is 2.52 bits per heavy atom. The van der Waals surface area contributed by atoms with Crippen LogP contribution in [0.5, 0.6) is 0 Å². The minimum absolute atomic E-state index is 0.000224. The van der Waals surface area contributed by atoms with Gasteiger partial charge in [0, 0.05) is 24.7 Å². The molecule has 1 saturated heterocycles. The van der Waals surface area contributed by atoms with Crippen molar-refractivity contribution in [2.24, 2.45) is 5.92 Å². The number of sulfone groups is 1. The number of rotatable bonds is 3. The first kappa shape index (κ1) is 19.5. The Morgan fingerprint density at radius 1 is 1.10 bits per heavy atom. The maximum atomic E-state index is 13.5. The lowest BCUT2D eigenvalue weighted by Crippen LogP contribution is -2.38. The number of carbonyl (C=O) groups is 2. The molecule has 0 saturated carbocycles. The summed E-state index contributed by atoms with van der Waals surface area (Å²) in [6, 6.07) is 8.85. The molecule has 0 aliphatic carbocycles. The number of hydrogen-bond acceptors (Lipinski definition) is 4. The van der Waals surface area contributed by atoms with Gasteiger partial charge in [-0.3, -0.25) is 9.59 Å². The molecule has 0 radical (unpaired) electrons. The molecule has 2 aliphatic heterocycles. The van der Waals surface area contributed by atoms with Gasteiger partial charge in [-0.15, -0.1) is 0 Å². The molecule has 0 aromatic heterocycles. The number of anilines is 1. The Hall–Kier alpha value is -2.81. The van der Waals surface area contributed by atoms with Gasteiger partial charge in [-0.2, -0.15) is 0 Å². The van der Waals surface area contributed by atoms with Crippen LogP contribution in [0.3, 0.4) is 0 Å². The zero-order chi connectivity index (χ0) is 20.8. The predicted octanol–water partition coefficient (Wildman–Crippen LogP) is 2.35. The van der Waals surface area contributed by atoms with Crippen molar-refractivity contribution in [2.75, 3.05) is 17.2 Å². The van der Waals surface area contributed by atoms with Crippen LogP contribution in [0.25, 0.3) is 0 Å². The molecule has 29 heavy (non-hydrogen) atoms. The minimum atomic E-state index is -3.38. The summed E-state index contributed by atoms with van der Waals surface area (Å²) in [4.78, 5) is 26.5. The fraction of sp³-hybridized carbons (Fsp3) is 0.300. The van der Waals surface area contributed by atoms with Crippen molar-refractivity contribution in [1.29, 1.82) is 0 Å². The van der Waals surface area contributed by atoms with Crippen molar-refractivity contribution < 1.29 is 26.8 Å². The number of benzene rings is 2. The van der Waals surface area contributed by atoms with E-state index in [9.17, 15) is 26.8 Å². The maximum absolute atomic E-state index is 13.5. The zero-order valence-corrected chi connectivity index (χ0v) is 16.1. The van der Waals surface area contributed by atoms with E-state index in [1.54, 1.807) is 18.2 Å². The van der Waals surface area contributed by atoms with Crippen LogP contribution < -0.4 is 10.2 Å². The molecule has 4 rings (SSSR count). The summed E-state index contributed by atoms with van der Waals surface area (Å²) >= 11 is 0. The third kappa shape index (κ3) is 3.74. The number of nitrogens with one attached hydrogen (secondary N) is 1. The average Bonchev–Trinajstić information content (AvgIpc) is 3.05. The summed E-state index contributed by atoms with van der Waals surface area (Å²) < 4.78 is 51.4. The highest BCUT2D eigenvalue weighted by Crippen LogP contribution is 2.33. The molecule has 2 heterocycles. The molecule has 1 fully saturated rings. The third-order valence-electron chi connectivity index (χ3n) is 5.28. The Labute approximate surface area is 166 Å². The number of halogens is 2. The van der Waals surface area contributed by atoms with Gasteiger partial charge in [0.25, 0.3) is 0 Å². The number of hydrogen-bond donors (Lipinski definition) is 1. The Balaban J connectivity index is 1.51. The molecule has 152 valence electrons. The molecule has 2 unspecified atom stereocenters. The highest BCUT2D eigenvalue weighted by Gasteiger charge is 2.38. The number of carbonyl (C=O) groups excluding carboxylic acids is 2. The van der Waals surface area contributed by atoms with Crippen molar-refractivity contribution in [1.82, 2.24) is 5.32 Å². The number of amides is 2. The average molecular weight is 420 g/mol. The smallest absolute Gasteiger partial charge is 0.227 e. The van der Waals surface area contributed by atoms with Gasteiger partial charge in [-0.1, -0.05) is 18.2 Å². The second-order valence-corrected chi connectivity index (χ2v) is 9.32. The quantitative estimate of drug-likeness (QED) is 0.826. The maximum Gasteiger partial charge on any atom is 0.227 e. The van der Waals surface area contributed by atoms with E-state index in [1.807, 2.05) is 0 Å². The lowest BCUT2D eigenvalue weighted by molar-refractivity contribution is -0.127. The van der Waals surface area contributed by atoms with Crippen LogP contribution in [0.2, 0.25) is 0 Å². The van der Waals surface area contributed by atoms with Gasteiger partial charge < -0.3 is 10.2 Å². The second kappa shape index (κ2) is 7.22. The summed E-state index contributed by atoms with van der Waals surface area (Å²) in [6.07, 6.45) is 0.154. The monoisotopic (exact) mass is 420 g/mol.